The van der Waals surface area contributed by atoms with Gasteiger partial charge in [-0.3, -0.25) is 9.59 Å². The average molecular weight is 316 g/mol. The number of nitrogens with zero attached hydrogens (tertiary/aromatic N) is 2. The van der Waals surface area contributed by atoms with Crippen LogP contribution in [-0.2, 0) is 14.3 Å². The molecule has 1 aromatic carbocycles. The fourth-order valence-electron chi connectivity index (χ4n) is 3.40. The van der Waals surface area contributed by atoms with E-state index in [2.05, 4.69) is 0 Å². The number of morpholine rings is 1. The lowest BCUT2D eigenvalue weighted by Crippen LogP contribution is -2.50. The van der Waals surface area contributed by atoms with Crippen LogP contribution in [0.4, 0.5) is 0 Å². The van der Waals surface area contributed by atoms with Gasteiger partial charge in [-0.1, -0.05) is 30.3 Å². The molecule has 0 aliphatic carbocycles. The predicted octanol–water partition coefficient (Wildman–Crippen LogP) is 1.84. The minimum Gasteiger partial charge on any atom is -0.367 e. The first-order valence-electron chi connectivity index (χ1n) is 8.27. The zero-order chi connectivity index (χ0) is 16.4. The number of carbonyl (C=O) groups is 2. The van der Waals surface area contributed by atoms with Crippen molar-refractivity contribution in [2.45, 2.75) is 32.0 Å². The number of piperidine rings is 1. The minimum absolute atomic E-state index is 0.000119. The number of benzene rings is 1. The quantitative estimate of drug-likeness (QED) is 0.836. The lowest BCUT2D eigenvalue weighted by atomic mass is 9.94. The highest BCUT2D eigenvalue weighted by Gasteiger charge is 2.35. The summed E-state index contributed by atoms with van der Waals surface area (Å²) in [5.41, 5.74) is 1.09. The Balaban J connectivity index is 1.69. The largest absolute Gasteiger partial charge is 0.367 e. The maximum atomic E-state index is 12.8. The summed E-state index contributed by atoms with van der Waals surface area (Å²) < 4.78 is 6.01. The molecule has 2 amide bonds. The molecule has 2 saturated heterocycles. The molecule has 3 rings (SSSR count). The smallest absolute Gasteiger partial charge is 0.226 e. The Morgan fingerprint density at radius 3 is 2.65 bits per heavy atom. The number of amides is 2. The molecule has 0 N–H and O–H groups in total. The highest BCUT2D eigenvalue weighted by molar-refractivity contribution is 5.87. The average Bonchev–Trinajstić information content (AvgIpc) is 2.57. The Bertz CT molecular complexity index is 575. The summed E-state index contributed by atoms with van der Waals surface area (Å²) in [5, 5.41) is 0. The van der Waals surface area contributed by atoms with Gasteiger partial charge in [0.1, 0.15) is 6.10 Å². The van der Waals surface area contributed by atoms with Gasteiger partial charge in [-0.2, -0.15) is 0 Å². The molecule has 0 aromatic heterocycles. The second kappa shape index (κ2) is 6.71. The third kappa shape index (κ3) is 3.55. The highest BCUT2D eigenvalue weighted by Crippen LogP contribution is 2.28. The number of rotatable bonds is 2. The Kier molecular flexibility index (Phi) is 4.66. The molecular formula is C18H24N2O3. The molecule has 2 aliphatic rings. The van der Waals surface area contributed by atoms with Gasteiger partial charge in [0.25, 0.3) is 0 Å². The standard InChI is InChI=1S/C18H24N2O3/c1-13-11-20(12-16(23-13)14-6-4-3-5-7-14)18(22)15-8-9-19(2)17(21)10-15/h3-7,13,15-16H,8-12H2,1-2H3. The summed E-state index contributed by atoms with van der Waals surface area (Å²) in [6, 6.07) is 10.0. The van der Waals surface area contributed by atoms with Gasteiger partial charge >= 0.3 is 0 Å². The van der Waals surface area contributed by atoms with E-state index in [1.54, 1.807) is 11.9 Å². The van der Waals surface area contributed by atoms with Gasteiger partial charge in [-0.05, 0) is 18.9 Å². The number of ether oxygens (including phenoxy) is 1. The molecule has 2 fully saturated rings. The van der Waals surface area contributed by atoms with Crippen molar-refractivity contribution in [2.75, 3.05) is 26.7 Å². The number of carbonyl (C=O) groups excluding carboxylic acids is 2. The van der Waals surface area contributed by atoms with Crippen LogP contribution < -0.4 is 0 Å². The third-order valence-electron chi connectivity index (χ3n) is 4.75. The first-order chi connectivity index (χ1) is 11.0. The lowest BCUT2D eigenvalue weighted by Gasteiger charge is -2.39. The Labute approximate surface area is 137 Å². The van der Waals surface area contributed by atoms with E-state index in [1.807, 2.05) is 42.2 Å². The Morgan fingerprint density at radius 1 is 1.22 bits per heavy atom. The molecular weight excluding hydrogens is 292 g/mol. The third-order valence-corrected chi connectivity index (χ3v) is 4.75. The van der Waals surface area contributed by atoms with E-state index in [4.69, 9.17) is 4.74 Å². The van der Waals surface area contributed by atoms with E-state index < -0.39 is 0 Å². The van der Waals surface area contributed by atoms with Gasteiger partial charge < -0.3 is 14.5 Å². The molecule has 23 heavy (non-hydrogen) atoms. The van der Waals surface area contributed by atoms with E-state index in [9.17, 15) is 9.59 Å². The normalized spacial score (nSPS) is 28.8. The van der Waals surface area contributed by atoms with E-state index in [0.717, 1.165) is 12.0 Å². The summed E-state index contributed by atoms with van der Waals surface area (Å²) >= 11 is 0. The summed E-state index contributed by atoms with van der Waals surface area (Å²) in [4.78, 5) is 28.3. The van der Waals surface area contributed by atoms with Crippen LogP contribution in [0.1, 0.15) is 31.4 Å². The molecule has 3 atom stereocenters. The number of hydrogen-bond donors (Lipinski definition) is 0. The fourth-order valence-corrected chi connectivity index (χ4v) is 3.40. The van der Waals surface area contributed by atoms with Crippen LogP contribution >= 0.6 is 0 Å². The van der Waals surface area contributed by atoms with Crippen LogP contribution in [0.3, 0.4) is 0 Å². The molecule has 0 spiro atoms. The summed E-state index contributed by atoms with van der Waals surface area (Å²) in [6.45, 7) is 3.82. The van der Waals surface area contributed by atoms with Crippen LogP contribution in [0.5, 0.6) is 0 Å². The Morgan fingerprint density at radius 2 is 1.96 bits per heavy atom. The van der Waals surface area contributed by atoms with Crippen LogP contribution in [0.2, 0.25) is 0 Å². The topological polar surface area (TPSA) is 49.9 Å². The van der Waals surface area contributed by atoms with Crippen molar-refractivity contribution in [3.63, 3.8) is 0 Å². The van der Waals surface area contributed by atoms with Gasteiger partial charge in [0.2, 0.25) is 11.8 Å². The second-order valence-electron chi connectivity index (χ2n) is 6.59. The van der Waals surface area contributed by atoms with Crippen molar-refractivity contribution in [2.24, 2.45) is 5.92 Å². The van der Waals surface area contributed by atoms with Crippen LogP contribution in [-0.4, -0.2) is 54.4 Å². The molecule has 0 bridgehead atoms. The second-order valence-corrected chi connectivity index (χ2v) is 6.59. The van der Waals surface area contributed by atoms with E-state index in [0.29, 0.717) is 26.1 Å². The van der Waals surface area contributed by atoms with E-state index in [-0.39, 0.29) is 29.9 Å². The molecule has 3 unspecified atom stereocenters. The minimum atomic E-state index is -0.180. The molecule has 0 saturated carbocycles. The first kappa shape index (κ1) is 16.0. The van der Waals surface area contributed by atoms with Gasteiger partial charge in [0.05, 0.1) is 12.6 Å². The number of likely N-dealkylation sites (tertiary alicyclic amines) is 1. The molecule has 5 nitrogen and oxygen atoms in total. The molecule has 2 aliphatic heterocycles. The fraction of sp³-hybridized carbons (Fsp3) is 0.556. The van der Waals surface area contributed by atoms with Gasteiger partial charge in [0.15, 0.2) is 0 Å². The highest BCUT2D eigenvalue weighted by atomic mass is 16.5. The van der Waals surface area contributed by atoms with Crippen molar-refractivity contribution in [1.29, 1.82) is 0 Å². The predicted molar refractivity (Wildman–Crippen MR) is 86.7 cm³/mol. The maximum absolute atomic E-state index is 12.8. The first-order valence-corrected chi connectivity index (χ1v) is 8.27. The molecule has 0 radical (unpaired) electrons. The van der Waals surface area contributed by atoms with E-state index >= 15 is 0 Å². The monoisotopic (exact) mass is 316 g/mol. The van der Waals surface area contributed by atoms with Crippen LogP contribution in [0.15, 0.2) is 30.3 Å². The summed E-state index contributed by atoms with van der Waals surface area (Å²) in [7, 11) is 1.80. The van der Waals surface area contributed by atoms with Gasteiger partial charge in [-0.15, -0.1) is 0 Å². The van der Waals surface area contributed by atoms with Crippen molar-refractivity contribution >= 4 is 11.8 Å². The van der Waals surface area contributed by atoms with Crippen molar-refractivity contribution in [3.05, 3.63) is 35.9 Å². The maximum Gasteiger partial charge on any atom is 0.226 e. The van der Waals surface area contributed by atoms with Crippen molar-refractivity contribution in [3.8, 4) is 0 Å². The zero-order valence-corrected chi connectivity index (χ0v) is 13.8. The number of hydrogen-bond acceptors (Lipinski definition) is 3. The zero-order valence-electron chi connectivity index (χ0n) is 13.8. The lowest BCUT2D eigenvalue weighted by molar-refractivity contribution is -0.153. The van der Waals surface area contributed by atoms with Gasteiger partial charge in [0, 0.05) is 32.5 Å². The molecule has 2 heterocycles. The van der Waals surface area contributed by atoms with Crippen LogP contribution in [0, 0.1) is 5.92 Å². The Hall–Kier alpha value is -1.88. The van der Waals surface area contributed by atoms with Crippen LogP contribution in [0.25, 0.3) is 0 Å². The SMILES string of the molecule is CC1CN(C(=O)C2CCN(C)C(=O)C2)CC(c2ccccc2)O1. The summed E-state index contributed by atoms with van der Waals surface area (Å²) in [5.74, 6) is -0.0153. The summed E-state index contributed by atoms with van der Waals surface area (Å²) in [6.07, 6.45) is 0.991. The van der Waals surface area contributed by atoms with Gasteiger partial charge in [-0.25, -0.2) is 0 Å². The molecule has 124 valence electrons. The van der Waals surface area contributed by atoms with Crippen molar-refractivity contribution in [1.82, 2.24) is 9.80 Å². The molecule has 1 aromatic rings. The van der Waals surface area contributed by atoms with E-state index in [1.165, 1.54) is 0 Å². The van der Waals surface area contributed by atoms with Crippen molar-refractivity contribution < 1.29 is 14.3 Å². The molecule has 5 heteroatoms.